The Morgan fingerprint density at radius 1 is 1.00 bits per heavy atom. The van der Waals surface area contributed by atoms with Crippen LogP contribution in [0.5, 0.6) is 17.2 Å². The van der Waals surface area contributed by atoms with Gasteiger partial charge in [0.25, 0.3) is 0 Å². The van der Waals surface area contributed by atoms with Gasteiger partial charge in [-0.05, 0) is 31.4 Å². The lowest BCUT2D eigenvalue weighted by molar-refractivity contribution is 0.252. The summed E-state index contributed by atoms with van der Waals surface area (Å²) in [7, 11) is 3.21. The minimum Gasteiger partial charge on any atom is -0.493 e. The number of unbranched alkanes of at least 4 members (excludes halogenated alkanes) is 2. The second-order valence-electron chi connectivity index (χ2n) is 3.62. The lowest BCUT2D eigenvalue weighted by atomic mass is 10.2. The Balaban J connectivity index is 2.55. The Bertz CT molecular complexity index is 303. The van der Waals surface area contributed by atoms with E-state index in [0.29, 0.717) is 23.9 Å². The van der Waals surface area contributed by atoms with E-state index in [-0.39, 0.29) is 6.61 Å². The zero-order chi connectivity index (χ0) is 12.5. The fourth-order valence-electron chi connectivity index (χ4n) is 1.52. The molecule has 1 rings (SSSR count). The first-order chi connectivity index (χ1) is 8.33. The van der Waals surface area contributed by atoms with Crippen LogP contribution >= 0.6 is 0 Å². The van der Waals surface area contributed by atoms with Crippen LogP contribution in [0.25, 0.3) is 0 Å². The summed E-state index contributed by atoms with van der Waals surface area (Å²) in [4.78, 5) is 0. The van der Waals surface area contributed by atoms with Gasteiger partial charge in [-0.15, -0.1) is 0 Å². The Hall–Kier alpha value is -1.42. The van der Waals surface area contributed by atoms with Crippen LogP contribution in [0, 0.1) is 0 Å². The summed E-state index contributed by atoms with van der Waals surface area (Å²) in [5.74, 6) is 1.99. The highest BCUT2D eigenvalue weighted by atomic mass is 16.5. The minimum absolute atomic E-state index is 0.234. The first-order valence-electron chi connectivity index (χ1n) is 5.78. The molecule has 0 saturated heterocycles. The Morgan fingerprint density at radius 2 is 1.65 bits per heavy atom. The number of rotatable bonds is 8. The lowest BCUT2D eigenvalue weighted by Gasteiger charge is -2.13. The average Bonchev–Trinajstić information content (AvgIpc) is 2.38. The standard InChI is InChI=1S/C13H20O4/c1-15-11-7-6-8-12(16-2)13(11)17-10-5-3-4-9-14/h6-8,14H,3-5,9-10H2,1-2H3. The van der Waals surface area contributed by atoms with Gasteiger partial charge in [0.15, 0.2) is 11.5 Å². The number of benzene rings is 1. The Labute approximate surface area is 102 Å². The number of ether oxygens (including phenoxy) is 3. The fraction of sp³-hybridized carbons (Fsp3) is 0.538. The second kappa shape index (κ2) is 7.79. The molecule has 0 aliphatic carbocycles. The first-order valence-corrected chi connectivity index (χ1v) is 5.78. The molecule has 4 nitrogen and oxygen atoms in total. The van der Waals surface area contributed by atoms with E-state index in [1.54, 1.807) is 14.2 Å². The minimum atomic E-state index is 0.234. The molecule has 1 N–H and O–H groups in total. The third kappa shape index (κ3) is 4.15. The molecule has 4 heteroatoms. The summed E-state index contributed by atoms with van der Waals surface area (Å²) >= 11 is 0. The summed E-state index contributed by atoms with van der Waals surface area (Å²) < 4.78 is 16.1. The van der Waals surface area contributed by atoms with Gasteiger partial charge in [-0.25, -0.2) is 0 Å². The van der Waals surface area contributed by atoms with E-state index in [9.17, 15) is 0 Å². The van der Waals surface area contributed by atoms with Crippen LogP contribution in [-0.2, 0) is 0 Å². The summed E-state index contributed by atoms with van der Waals surface area (Å²) in [6.45, 7) is 0.828. The van der Waals surface area contributed by atoms with Gasteiger partial charge in [0, 0.05) is 6.61 Å². The predicted molar refractivity (Wildman–Crippen MR) is 66.0 cm³/mol. The maximum absolute atomic E-state index is 8.67. The van der Waals surface area contributed by atoms with E-state index in [0.717, 1.165) is 19.3 Å². The normalized spacial score (nSPS) is 10.1. The maximum atomic E-state index is 8.67. The molecule has 0 unspecified atom stereocenters. The van der Waals surface area contributed by atoms with Crippen molar-refractivity contribution >= 4 is 0 Å². The molecule has 1 aromatic rings. The molecular weight excluding hydrogens is 220 g/mol. The number of hydrogen-bond donors (Lipinski definition) is 1. The molecule has 0 heterocycles. The highest BCUT2D eigenvalue weighted by Gasteiger charge is 2.10. The van der Waals surface area contributed by atoms with Gasteiger partial charge in [-0.2, -0.15) is 0 Å². The van der Waals surface area contributed by atoms with Crippen LogP contribution in [0.2, 0.25) is 0 Å². The van der Waals surface area contributed by atoms with Gasteiger partial charge < -0.3 is 19.3 Å². The van der Waals surface area contributed by atoms with Crippen LogP contribution in [0.15, 0.2) is 18.2 Å². The van der Waals surface area contributed by atoms with E-state index < -0.39 is 0 Å². The molecule has 0 aliphatic rings. The molecule has 0 bridgehead atoms. The van der Waals surface area contributed by atoms with Gasteiger partial charge in [-0.1, -0.05) is 6.07 Å². The number of hydrogen-bond acceptors (Lipinski definition) is 4. The highest BCUT2D eigenvalue weighted by molar-refractivity contribution is 5.51. The SMILES string of the molecule is COc1cccc(OC)c1OCCCCCO. The van der Waals surface area contributed by atoms with Crippen molar-refractivity contribution in [3.05, 3.63) is 18.2 Å². The summed E-state index contributed by atoms with van der Waals surface area (Å²) in [5.41, 5.74) is 0. The van der Waals surface area contributed by atoms with Crippen LogP contribution in [0.4, 0.5) is 0 Å². The molecule has 0 atom stereocenters. The average molecular weight is 240 g/mol. The molecule has 17 heavy (non-hydrogen) atoms. The summed E-state index contributed by atoms with van der Waals surface area (Å²) in [5, 5.41) is 8.67. The van der Waals surface area contributed by atoms with Gasteiger partial charge in [0.05, 0.1) is 20.8 Å². The zero-order valence-electron chi connectivity index (χ0n) is 10.4. The fourth-order valence-corrected chi connectivity index (χ4v) is 1.52. The Kier molecular flexibility index (Phi) is 6.25. The van der Waals surface area contributed by atoms with Crippen LogP contribution in [0.1, 0.15) is 19.3 Å². The molecule has 0 aliphatic heterocycles. The number of para-hydroxylation sites is 1. The van der Waals surface area contributed by atoms with Crippen LogP contribution in [0.3, 0.4) is 0 Å². The van der Waals surface area contributed by atoms with Gasteiger partial charge in [-0.3, -0.25) is 0 Å². The molecule has 1 aromatic carbocycles. The van der Waals surface area contributed by atoms with E-state index in [1.807, 2.05) is 18.2 Å². The first kappa shape index (κ1) is 13.6. The molecule has 0 fully saturated rings. The topological polar surface area (TPSA) is 47.9 Å². The van der Waals surface area contributed by atoms with E-state index in [4.69, 9.17) is 19.3 Å². The van der Waals surface area contributed by atoms with Gasteiger partial charge in [0.1, 0.15) is 0 Å². The smallest absolute Gasteiger partial charge is 0.203 e. The monoisotopic (exact) mass is 240 g/mol. The van der Waals surface area contributed by atoms with Crippen molar-refractivity contribution in [1.82, 2.24) is 0 Å². The van der Waals surface area contributed by atoms with Gasteiger partial charge in [0.2, 0.25) is 5.75 Å². The van der Waals surface area contributed by atoms with Crippen molar-refractivity contribution in [2.45, 2.75) is 19.3 Å². The van der Waals surface area contributed by atoms with Crippen molar-refractivity contribution < 1.29 is 19.3 Å². The molecule has 96 valence electrons. The summed E-state index contributed by atoms with van der Waals surface area (Å²) in [6.07, 6.45) is 2.67. The predicted octanol–water partition coefficient (Wildman–Crippen LogP) is 2.25. The number of aliphatic hydroxyl groups is 1. The van der Waals surface area contributed by atoms with Crippen molar-refractivity contribution in [2.24, 2.45) is 0 Å². The van der Waals surface area contributed by atoms with E-state index in [2.05, 4.69) is 0 Å². The Morgan fingerprint density at radius 3 is 2.18 bits per heavy atom. The van der Waals surface area contributed by atoms with Crippen molar-refractivity contribution in [3.8, 4) is 17.2 Å². The highest BCUT2D eigenvalue weighted by Crippen LogP contribution is 2.36. The molecule has 0 aromatic heterocycles. The second-order valence-corrected chi connectivity index (χ2v) is 3.62. The van der Waals surface area contributed by atoms with Gasteiger partial charge >= 0.3 is 0 Å². The maximum Gasteiger partial charge on any atom is 0.203 e. The molecule has 0 spiro atoms. The summed E-state index contributed by atoms with van der Waals surface area (Å²) in [6, 6.07) is 5.54. The van der Waals surface area contributed by atoms with E-state index in [1.165, 1.54) is 0 Å². The van der Waals surface area contributed by atoms with Crippen LogP contribution < -0.4 is 14.2 Å². The van der Waals surface area contributed by atoms with E-state index >= 15 is 0 Å². The largest absolute Gasteiger partial charge is 0.493 e. The van der Waals surface area contributed by atoms with Crippen LogP contribution in [-0.4, -0.2) is 32.5 Å². The van der Waals surface area contributed by atoms with Crippen molar-refractivity contribution in [3.63, 3.8) is 0 Å². The quantitative estimate of drug-likeness (QED) is 0.708. The molecule has 0 saturated carbocycles. The third-order valence-electron chi connectivity index (χ3n) is 2.43. The zero-order valence-corrected chi connectivity index (χ0v) is 10.4. The van der Waals surface area contributed by atoms with Crippen molar-refractivity contribution in [2.75, 3.05) is 27.4 Å². The molecular formula is C13H20O4. The third-order valence-corrected chi connectivity index (χ3v) is 2.43. The lowest BCUT2D eigenvalue weighted by Crippen LogP contribution is -2.01. The molecule has 0 radical (unpaired) electrons. The number of aliphatic hydroxyl groups excluding tert-OH is 1. The molecule has 0 amide bonds. The van der Waals surface area contributed by atoms with Crippen molar-refractivity contribution in [1.29, 1.82) is 0 Å². The number of methoxy groups -OCH3 is 2.